The molecule has 1 aliphatic heterocycles. The van der Waals surface area contributed by atoms with E-state index in [9.17, 15) is 8.42 Å². The molecule has 0 amide bonds. The predicted molar refractivity (Wildman–Crippen MR) is 80.4 cm³/mol. The van der Waals surface area contributed by atoms with E-state index in [1.54, 1.807) is 12.1 Å². The summed E-state index contributed by atoms with van der Waals surface area (Å²) in [7, 11) is -0.639. The van der Waals surface area contributed by atoms with Crippen molar-refractivity contribution >= 4 is 10.0 Å². The van der Waals surface area contributed by atoms with Gasteiger partial charge in [0.2, 0.25) is 10.0 Å². The van der Waals surface area contributed by atoms with Gasteiger partial charge in [0.1, 0.15) is 16.4 Å². The highest BCUT2D eigenvalue weighted by molar-refractivity contribution is 7.89. The van der Waals surface area contributed by atoms with Gasteiger partial charge in [-0.05, 0) is 38.4 Å². The molecule has 1 fully saturated rings. The maximum Gasteiger partial charge on any atom is 0.244 e. The van der Waals surface area contributed by atoms with Gasteiger partial charge < -0.3 is 14.8 Å². The van der Waals surface area contributed by atoms with Gasteiger partial charge in [-0.1, -0.05) is 0 Å². The van der Waals surface area contributed by atoms with Crippen LogP contribution < -0.4 is 19.5 Å². The van der Waals surface area contributed by atoms with Crippen molar-refractivity contribution in [2.45, 2.75) is 36.7 Å². The Morgan fingerprint density at radius 2 is 2.05 bits per heavy atom. The summed E-state index contributed by atoms with van der Waals surface area (Å²) in [4.78, 5) is 0.136. The molecule has 1 aromatic carbocycles. The maximum atomic E-state index is 12.5. The third kappa shape index (κ3) is 3.87. The fraction of sp³-hybridized carbons (Fsp3) is 0.571. The molecule has 2 atom stereocenters. The van der Waals surface area contributed by atoms with Crippen LogP contribution in [-0.4, -0.2) is 41.3 Å². The summed E-state index contributed by atoms with van der Waals surface area (Å²) in [6.45, 7) is 2.86. The quantitative estimate of drug-likeness (QED) is 0.852. The van der Waals surface area contributed by atoms with Crippen molar-refractivity contribution < 1.29 is 17.9 Å². The van der Waals surface area contributed by atoms with Crippen molar-refractivity contribution in [3.8, 4) is 11.5 Å². The first kappa shape index (κ1) is 16.1. The highest BCUT2D eigenvalue weighted by Crippen LogP contribution is 2.28. The molecule has 1 heterocycles. The fourth-order valence-corrected chi connectivity index (χ4v) is 3.95. The van der Waals surface area contributed by atoms with E-state index < -0.39 is 10.0 Å². The second-order valence-electron chi connectivity index (χ2n) is 5.21. The standard InChI is InChI=1S/C14H22N2O4S/c1-10-8-11(6-7-15-10)16-21(17,18)14-5-4-12(19-2)9-13(14)20-3/h4-5,9-11,15-16H,6-8H2,1-3H3. The Kier molecular flexibility index (Phi) is 5.08. The van der Waals surface area contributed by atoms with Crippen LogP contribution in [0.25, 0.3) is 0 Å². The Morgan fingerprint density at radius 1 is 1.29 bits per heavy atom. The zero-order chi connectivity index (χ0) is 15.5. The van der Waals surface area contributed by atoms with Crippen molar-refractivity contribution in [3.63, 3.8) is 0 Å². The number of ether oxygens (including phenoxy) is 2. The van der Waals surface area contributed by atoms with E-state index in [2.05, 4.69) is 17.0 Å². The third-order valence-corrected chi connectivity index (χ3v) is 5.17. The minimum absolute atomic E-state index is 0.0574. The first-order chi connectivity index (χ1) is 9.96. The Bertz CT molecular complexity index is 589. The molecule has 1 aromatic rings. The first-order valence-corrected chi connectivity index (χ1v) is 8.42. The highest BCUT2D eigenvalue weighted by Gasteiger charge is 2.26. The van der Waals surface area contributed by atoms with Crippen LogP contribution in [0.2, 0.25) is 0 Å². The Hall–Kier alpha value is -1.31. The average Bonchev–Trinajstić information content (AvgIpc) is 2.46. The average molecular weight is 314 g/mol. The van der Waals surface area contributed by atoms with Crippen LogP contribution >= 0.6 is 0 Å². The molecule has 0 bridgehead atoms. The second-order valence-corrected chi connectivity index (χ2v) is 6.90. The van der Waals surface area contributed by atoms with E-state index in [1.165, 1.54) is 20.3 Å². The topological polar surface area (TPSA) is 76.7 Å². The fourth-order valence-electron chi connectivity index (χ4n) is 2.52. The second kappa shape index (κ2) is 6.64. The van der Waals surface area contributed by atoms with Crippen LogP contribution in [0.3, 0.4) is 0 Å². The molecule has 0 spiro atoms. The van der Waals surface area contributed by atoms with Gasteiger partial charge >= 0.3 is 0 Å². The largest absolute Gasteiger partial charge is 0.497 e. The minimum atomic E-state index is -3.61. The minimum Gasteiger partial charge on any atom is -0.497 e. The Labute approximate surface area is 125 Å². The molecule has 0 saturated carbocycles. The highest BCUT2D eigenvalue weighted by atomic mass is 32.2. The number of sulfonamides is 1. The lowest BCUT2D eigenvalue weighted by Crippen LogP contribution is -2.46. The number of hydrogen-bond donors (Lipinski definition) is 2. The van der Waals surface area contributed by atoms with E-state index in [4.69, 9.17) is 9.47 Å². The van der Waals surface area contributed by atoms with Crippen LogP contribution in [-0.2, 0) is 10.0 Å². The molecule has 118 valence electrons. The zero-order valence-corrected chi connectivity index (χ0v) is 13.4. The van der Waals surface area contributed by atoms with Crippen LogP contribution in [0.1, 0.15) is 19.8 Å². The SMILES string of the molecule is COc1ccc(S(=O)(=O)NC2CCNC(C)C2)c(OC)c1. The maximum absolute atomic E-state index is 12.5. The lowest BCUT2D eigenvalue weighted by Gasteiger charge is -2.28. The van der Waals surface area contributed by atoms with E-state index >= 15 is 0 Å². The molecule has 6 nitrogen and oxygen atoms in total. The molecular formula is C14H22N2O4S. The van der Waals surface area contributed by atoms with Gasteiger partial charge in [0.25, 0.3) is 0 Å². The van der Waals surface area contributed by atoms with Crippen molar-refractivity contribution in [2.24, 2.45) is 0 Å². The molecule has 2 rings (SSSR count). The number of nitrogens with one attached hydrogen (secondary N) is 2. The molecule has 0 radical (unpaired) electrons. The molecule has 1 aliphatic rings. The molecule has 21 heavy (non-hydrogen) atoms. The van der Waals surface area contributed by atoms with Crippen LogP contribution in [0, 0.1) is 0 Å². The van der Waals surface area contributed by atoms with Gasteiger partial charge in [-0.15, -0.1) is 0 Å². The smallest absolute Gasteiger partial charge is 0.244 e. The van der Waals surface area contributed by atoms with Crippen LogP contribution in [0.5, 0.6) is 11.5 Å². The molecule has 2 N–H and O–H groups in total. The van der Waals surface area contributed by atoms with Crippen molar-refractivity contribution in [2.75, 3.05) is 20.8 Å². The van der Waals surface area contributed by atoms with Gasteiger partial charge in [-0.2, -0.15) is 0 Å². The van der Waals surface area contributed by atoms with Gasteiger partial charge in [0.05, 0.1) is 14.2 Å². The van der Waals surface area contributed by atoms with Gasteiger partial charge in [-0.25, -0.2) is 13.1 Å². The summed E-state index contributed by atoms with van der Waals surface area (Å²) in [6, 6.07) is 4.94. The monoisotopic (exact) mass is 314 g/mol. The summed E-state index contributed by atoms with van der Waals surface area (Å²) in [5, 5.41) is 3.30. The summed E-state index contributed by atoms with van der Waals surface area (Å²) < 4.78 is 38.1. The molecule has 2 unspecified atom stereocenters. The Morgan fingerprint density at radius 3 is 2.67 bits per heavy atom. The Balaban J connectivity index is 2.22. The summed E-state index contributed by atoms with van der Waals surface area (Å²) in [6.07, 6.45) is 1.56. The van der Waals surface area contributed by atoms with E-state index in [-0.39, 0.29) is 16.7 Å². The first-order valence-electron chi connectivity index (χ1n) is 6.94. The van der Waals surface area contributed by atoms with E-state index in [1.807, 2.05) is 0 Å². The number of benzene rings is 1. The number of methoxy groups -OCH3 is 2. The predicted octanol–water partition coefficient (Wildman–Crippen LogP) is 1.12. The van der Waals surface area contributed by atoms with Crippen molar-refractivity contribution in [1.29, 1.82) is 0 Å². The summed E-state index contributed by atoms with van der Waals surface area (Å²) >= 11 is 0. The van der Waals surface area contributed by atoms with Crippen LogP contribution in [0.4, 0.5) is 0 Å². The summed E-state index contributed by atoms with van der Waals surface area (Å²) in [5.41, 5.74) is 0. The number of hydrogen-bond acceptors (Lipinski definition) is 5. The zero-order valence-electron chi connectivity index (χ0n) is 12.5. The third-order valence-electron chi connectivity index (χ3n) is 3.61. The molecule has 0 aromatic heterocycles. The number of piperidine rings is 1. The number of rotatable bonds is 5. The van der Waals surface area contributed by atoms with Crippen molar-refractivity contribution in [1.82, 2.24) is 10.0 Å². The lowest BCUT2D eigenvalue weighted by atomic mass is 10.0. The van der Waals surface area contributed by atoms with Gasteiger partial charge in [0.15, 0.2) is 0 Å². The molecular weight excluding hydrogens is 292 g/mol. The van der Waals surface area contributed by atoms with E-state index in [0.29, 0.717) is 11.8 Å². The molecule has 1 saturated heterocycles. The molecule has 0 aliphatic carbocycles. The normalized spacial score (nSPS) is 22.8. The van der Waals surface area contributed by atoms with Crippen molar-refractivity contribution in [3.05, 3.63) is 18.2 Å². The summed E-state index contributed by atoms with van der Waals surface area (Å²) in [5.74, 6) is 0.838. The van der Waals surface area contributed by atoms with E-state index in [0.717, 1.165) is 19.4 Å². The van der Waals surface area contributed by atoms with Gasteiger partial charge in [-0.3, -0.25) is 0 Å². The van der Waals surface area contributed by atoms with Gasteiger partial charge in [0, 0.05) is 18.2 Å². The lowest BCUT2D eigenvalue weighted by molar-refractivity contribution is 0.360. The molecule has 7 heteroatoms. The van der Waals surface area contributed by atoms with Crippen LogP contribution in [0.15, 0.2) is 23.1 Å².